The van der Waals surface area contributed by atoms with Crippen molar-refractivity contribution in [1.29, 1.82) is 0 Å². The Bertz CT molecular complexity index is 1160. The Morgan fingerprint density at radius 1 is 1.00 bits per heavy atom. The van der Waals surface area contributed by atoms with Gasteiger partial charge >= 0.3 is 0 Å². The van der Waals surface area contributed by atoms with Crippen molar-refractivity contribution in [2.24, 2.45) is 0 Å². The first-order valence-electron chi connectivity index (χ1n) is 9.17. The van der Waals surface area contributed by atoms with Crippen LogP contribution in [0.3, 0.4) is 0 Å². The summed E-state index contributed by atoms with van der Waals surface area (Å²) in [7, 11) is 1.55. The molecule has 0 spiro atoms. The molecule has 0 aliphatic carbocycles. The van der Waals surface area contributed by atoms with Crippen LogP contribution in [0.2, 0.25) is 0 Å². The molecule has 4 rings (SSSR count). The first-order valence-corrected chi connectivity index (χ1v) is 10.2. The molecule has 30 heavy (non-hydrogen) atoms. The van der Waals surface area contributed by atoms with Crippen LogP contribution in [0.15, 0.2) is 84.0 Å². The second-order valence-electron chi connectivity index (χ2n) is 6.39. The van der Waals surface area contributed by atoms with Gasteiger partial charge in [0, 0.05) is 34.7 Å². The van der Waals surface area contributed by atoms with Gasteiger partial charge in [0.1, 0.15) is 5.75 Å². The standard InChI is InChI=1S/C22H18N4O3S/c1-29-20-13-12-19(26(27)28)14-17(20)15-30-22-24-23-21(16-8-4-2-5-9-16)25(22)18-10-6-3-7-11-18/h2-14H,15H2,1H3. The van der Waals surface area contributed by atoms with Crippen molar-refractivity contribution >= 4 is 17.4 Å². The highest BCUT2D eigenvalue weighted by atomic mass is 32.2. The van der Waals surface area contributed by atoms with Crippen molar-refractivity contribution in [2.45, 2.75) is 10.9 Å². The van der Waals surface area contributed by atoms with Crippen LogP contribution in [0.25, 0.3) is 17.1 Å². The van der Waals surface area contributed by atoms with Crippen LogP contribution in [-0.2, 0) is 5.75 Å². The number of hydrogen-bond acceptors (Lipinski definition) is 6. The Morgan fingerprint density at radius 3 is 2.37 bits per heavy atom. The van der Waals surface area contributed by atoms with Crippen LogP contribution in [0.1, 0.15) is 5.56 Å². The summed E-state index contributed by atoms with van der Waals surface area (Å²) in [6.07, 6.45) is 0. The monoisotopic (exact) mass is 418 g/mol. The Morgan fingerprint density at radius 2 is 1.70 bits per heavy atom. The Hall–Kier alpha value is -3.65. The van der Waals surface area contributed by atoms with Crippen LogP contribution < -0.4 is 4.74 Å². The van der Waals surface area contributed by atoms with E-state index in [0.29, 0.717) is 16.7 Å². The summed E-state index contributed by atoms with van der Waals surface area (Å²) in [5.41, 5.74) is 2.64. The molecule has 0 bridgehead atoms. The summed E-state index contributed by atoms with van der Waals surface area (Å²) in [5.74, 6) is 1.78. The molecule has 0 fully saturated rings. The number of para-hydroxylation sites is 1. The van der Waals surface area contributed by atoms with E-state index >= 15 is 0 Å². The lowest BCUT2D eigenvalue weighted by molar-refractivity contribution is -0.384. The van der Waals surface area contributed by atoms with Gasteiger partial charge in [0.15, 0.2) is 11.0 Å². The van der Waals surface area contributed by atoms with Gasteiger partial charge < -0.3 is 4.74 Å². The van der Waals surface area contributed by atoms with Crippen LogP contribution in [0.5, 0.6) is 5.75 Å². The third kappa shape index (κ3) is 4.04. The number of nitro benzene ring substituents is 1. The molecule has 0 saturated heterocycles. The number of hydrogen-bond donors (Lipinski definition) is 0. The minimum Gasteiger partial charge on any atom is -0.496 e. The largest absolute Gasteiger partial charge is 0.496 e. The topological polar surface area (TPSA) is 83.1 Å². The quantitative estimate of drug-likeness (QED) is 0.235. The lowest BCUT2D eigenvalue weighted by atomic mass is 10.2. The lowest BCUT2D eigenvalue weighted by Gasteiger charge is -2.11. The smallest absolute Gasteiger partial charge is 0.270 e. The predicted molar refractivity (Wildman–Crippen MR) is 116 cm³/mol. The summed E-state index contributed by atoms with van der Waals surface area (Å²) in [6, 6.07) is 24.3. The number of nitro groups is 1. The SMILES string of the molecule is COc1ccc([N+](=O)[O-])cc1CSc1nnc(-c2ccccc2)n1-c1ccccc1. The first-order chi connectivity index (χ1) is 14.7. The number of benzene rings is 3. The average molecular weight is 418 g/mol. The maximum Gasteiger partial charge on any atom is 0.270 e. The maximum absolute atomic E-state index is 11.2. The van der Waals surface area contributed by atoms with Gasteiger partial charge in [-0.1, -0.05) is 60.3 Å². The molecule has 0 N–H and O–H groups in total. The molecule has 1 aromatic heterocycles. The molecule has 1 heterocycles. The minimum absolute atomic E-state index is 0.0286. The third-order valence-electron chi connectivity index (χ3n) is 4.51. The number of ether oxygens (including phenoxy) is 1. The van der Waals surface area contributed by atoms with Gasteiger partial charge in [0.2, 0.25) is 0 Å². The molecule has 0 amide bonds. The summed E-state index contributed by atoms with van der Waals surface area (Å²) in [5, 5.41) is 20.7. The second-order valence-corrected chi connectivity index (χ2v) is 7.33. The van der Waals surface area contributed by atoms with Crippen molar-refractivity contribution in [2.75, 3.05) is 7.11 Å². The Balaban J connectivity index is 1.71. The highest BCUT2D eigenvalue weighted by Crippen LogP contribution is 2.33. The molecule has 0 aliphatic heterocycles. The molecular weight excluding hydrogens is 400 g/mol. The van der Waals surface area contributed by atoms with Gasteiger partial charge in [0.05, 0.1) is 12.0 Å². The minimum atomic E-state index is -0.409. The number of non-ortho nitro benzene ring substituents is 1. The van der Waals surface area contributed by atoms with Crippen LogP contribution >= 0.6 is 11.8 Å². The fourth-order valence-electron chi connectivity index (χ4n) is 3.08. The van der Waals surface area contributed by atoms with E-state index < -0.39 is 4.92 Å². The Labute approximate surface area is 177 Å². The van der Waals surface area contributed by atoms with E-state index in [-0.39, 0.29) is 5.69 Å². The van der Waals surface area contributed by atoms with Gasteiger partial charge in [-0.3, -0.25) is 14.7 Å². The molecule has 3 aromatic carbocycles. The number of nitrogens with zero attached hydrogens (tertiary/aromatic N) is 4. The zero-order chi connectivity index (χ0) is 20.9. The molecule has 4 aromatic rings. The van der Waals surface area contributed by atoms with Crippen molar-refractivity contribution in [3.8, 4) is 22.8 Å². The van der Waals surface area contributed by atoms with Crippen LogP contribution in [0.4, 0.5) is 5.69 Å². The fraction of sp³-hybridized carbons (Fsp3) is 0.0909. The van der Waals surface area contributed by atoms with Gasteiger partial charge in [-0.15, -0.1) is 10.2 Å². The molecule has 0 radical (unpaired) electrons. The first kappa shape index (κ1) is 19.7. The lowest BCUT2D eigenvalue weighted by Crippen LogP contribution is -2.00. The van der Waals surface area contributed by atoms with E-state index in [0.717, 1.165) is 22.6 Å². The third-order valence-corrected chi connectivity index (χ3v) is 5.49. The van der Waals surface area contributed by atoms with Crippen molar-refractivity contribution in [1.82, 2.24) is 14.8 Å². The van der Waals surface area contributed by atoms with Crippen molar-refractivity contribution in [3.63, 3.8) is 0 Å². The molecule has 8 heteroatoms. The van der Waals surface area contributed by atoms with Crippen molar-refractivity contribution in [3.05, 3.63) is 94.5 Å². The Kier molecular flexibility index (Phi) is 5.76. The van der Waals surface area contributed by atoms with E-state index in [1.54, 1.807) is 13.2 Å². The molecule has 0 saturated carbocycles. The number of rotatable bonds is 7. The summed E-state index contributed by atoms with van der Waals surface area (Å²) >= 11 is 1.45. The highest BCUT2D eigenvalue weighted by Gasteiger charge is 2.18. The van der Waals surface area contributed by atoms with E-state index in [1.807, 2.05) is 65.2 Å². The zero-order valence-corrected chi connectivity index (χ0v) is 17.0. The summed E-state index contributed by atoms with van der Waals surface area (Å²) in [6.45, 7) is 0. The number of aromatic nitrogens is 3. The van der Waals surface area contributed by atoms with Crippen LogP contribution in [-0.4, -0.2) is 26.8 Å². The van der Waals surface area contributed by atoms with Crippen molar-refractivity contribution < 1.29 is 9.66 Å². The highest BCUT2D eigenvalue weighted by molar-refractivity contribution is 7.98. The van der Waals surface area contributed by atoms with E-state index in [2.05, 4.69) is 10.2 Å². The van der Waals surface area contributed by atoms with Gasteiger partial charge in [-0.25, -0.2) is 0 Å². The zero-order valence-electron chi connectivity index (χ0n) is 16.1. The molecule has 0 atom stereocenters. The predicted octanol–water partition coefficient (Wildman–Crippen LogP) is 5.14. The maximum atomic E-state index is 11.2. The molecular formula is C22H18N4O3S. The molecule has 0 aliphatic rings. The van der Waals surface area contributed by atoms with Crippen LogP contribution in [0, 0.1) is 10.1 Å². The molecule has 7 nitrogen and oxygen atoms in total. The fourth-order valence-corrected chi connectivity index (χ4v) is 4.01. The second kappa shape index (κ2) is 8.79. The normalized spacial score (nSPS) is 10.7. The number of thioether (sulfide) groups is 1. The molecule has 150 valence electrons. The van der Waals surface area contributed by atoms with E-state index in [4.69, 9.17) is 4.74 Å². The van der Waals surface area contributed by atoms with Gasteiger partial charge in [0.25, 0.3) is 5.69 Å². The van der Waals surface area contributed by atoms with E-state index in [1.165, 1.54) is 23.9 Å². The average Bonchev–Trinajstić information content (AvgIpc) is 3.22. The summed E-state index contributed by atoms with van der Waals surface area (Å²) < 4.78 is 7.37. The van der Waals surface area contributed by atoms with Gasteiger partial charge in [-0.05, 0) is 18.2 Å². The van der Waals surface area contributed by atoms with E-state index in [9.17, 15) is 10.1 Å². The summed E-state index contributed by atoms with van der Waals surface area (Å²) in [4.78, 5) is 10.7. The molecule has 0 unspecified atom stereocenters. The number of methoxy groups -OCH3 is 1. The van der Waals surface area contributed by atoms with Gasteiger partial charge in [-0.2, -0.15) is 0 Å².